The number of amides is 1. The molecule has 0 unspecified atom stereocenters. The van der Waals surface area contributed by atoms with E-state index in [1.54, 1.807) is 11.9 Å². The topological polar surface area (TPSA) is 72.4 Å². The number of nitrogens with zero attached hydrogens (tertiary/aromatic N) is 2. The molecule has 0 radical (unpaired) electrons. The van der Waals surface area contributed by atoms with E-state index in [4.69, 9.17) is 10.3 Å². The summed E-state index contributed by atoms with van der Waals surface area (Å²) in [5.74, 6) is 0.800. The maximum Gasteiger partial charge on any atom is 0.239 e. The van der Waals surface area contributed by atoms with E-state index >= 15 is 0 Å². The van der Waals surface area contributed by atoms with E-state index in [1.165, 1.54) is 0 Å². The lowest BCUT2D eigenvalue weighted by Crippen LogP contribution is -2.44. The molecule has 0 aliphatic carbocycles. The number of hydrogen-bond donors (Lipinski definition) is 1. The lowest BCUT2D eigenvalue weighted by atomic mass is 10.0. The molecule has 0 bridgehead atoms. The third-order valence-corrected chi connectivity index (χ3v) is 2.46. The fourth-order valence-corrected chi connectivity index (χ4v) is 1.35. The number of carbonyl (C=O) groups is 1. The molecule has 0 saturated carbocycles. The maximum atomic E-state index is 11.8. The van der Waals surface area contributed by atoms with E-state index < -0.39 is 6.04 Å². The summed E-state index contributed by atoms with van der Waals surface area (Å²) in [6.45, 7) is 6.10. The summed E-state index contributed by atoms with van der Waals surface area (Å²) in [7, 11) is 1.72. The van der Waals surface area contributed by atoms with Crippen LogP contribution in [-0.4, -0.2) is 29.1 Å². The molecule has 1 aromatic heterocycles. The highest BCUT2D eigenvalue weighted by molar-refractivity contribution is 5.85. The highest BCUT2D eigenvalue weighted by atomic mass is 35.5. The molecule has 0 aromatic carbocycles. The molecule has 1 heterocycles. The Balaban J connectivity index is 0.00000256. The zero-order chi connectivity index (χ0) is 12.3. The second kappa shape index (κ2) is 6.61. The molecular weight excluding hydrogens is 242 g/mol. The summed E-state index contributed by atoms with van der Waals surface area (Å²) in [5, 5.41) is 3.83. The standard InChI is InChI=1S/C11H19N3O2.ClH/c1-7(2)10(12)11(15)14(4)6-9-5-8(3)16-13-9;/h5,7,10H,6,12H2,1-4H3;1H/t10-;/m1./s1. The van der Waals surface area contributed by atoms with Gasteiger partial charge >= 0.3 is 0 Å². The van der Waals surface area contributed by atoms with Gasteiger partial charge in [-0.15, -0.1) is 12.4 Å². The Bertz CT molecular complexity index is 365. The maximum absolute atomic E-state index is 11.8. The largest absolute Gasteiger partial charge is 0.361 e. The summed E-state index contributed by atoms with van der Waals surface area (Å²) < 4.78 is 4.93. The molecule has 0 fully saturated rings. The van der Waals surface area contributed by atoms with E-state index in [9.17, 15) is 4.79 Å². The molecule has 1 aromatic rings. The van der Waals surface area contributed by atoms with Crippen molar-refractivity contribution in [3.63, 3.8) is 0 Å². The van der Waals surface area contributed by atoms with Crippen molar-refractivity contribution in [2.45, 2.75) is 33.4 Å². The normalized spacial score (nSPS) is 12.1. The molecular formula is C11H20ClN3O2. The smallest absolute Gasteiger partial charge is 0.239 e. The molecule has 1 atom stereocenters. The number of rotatable bonds is 4. The Morgan fingerprint density at radius 2 is 2.18 bits per heavy atom. The van der Waals surface area contributed by atoms with Gasteiger partial charge in [0.25, 0.3) is 0 Å². The highest BCUT2D eigenvalue weighted by Crippen LogP contribution is 2.07. The van der Waals surface area contributed by atoms with Crippen molar-refractivity contribution in [2.24, 2.45) is 11.7 Å². The van der Waals surface area contributed by atoms with E-state index in [-0.39, 0.29) is 24.2 Å². The third-order valence-electron chi connectivity index (χ3n) is 2.46. The van der Waals surface area contributed by atoms with Crippen LogP contribution in [0.25, 0.3) is 0 Å². The second-order valence-corrected chi connectivity index (χ2v) is 4.39. The molecule has 17 heavy (non-hydrogen) atoms. The van der Waals surface area contributed by atoms with Gasteiger partial charge in [-0.25, -0.2) is 0 Å². The van der Waals surface area contributed by atoms with Crippen LogP contribution in [0.2, 0.25) is 0 Å². The minimum Gasteiger partial charge on any atom is -0.361 e. The first-order valence-corrected chi connectivity index (χ1v) is 5.34. The average Bonchev–Trinajstić information content (AvgIpc) is 2.61. The molecule has 1 amide bonds. The predicted octanol–water partition coefficient (Wildman–Crippen LogP) is 1.35. The first-order valence-electron chi connectivity index (χ1n) is 5.34. The van der Waals surface area contributed by atoms with Gasteiger partial charge in [-0.1, -0.05) is 19.0 Å². The van der Waals surface area contributed by atoms with Gasteiger partial charge < -0.3 is 15.2 Å². The summed E-state index contributed by atoms with van der Waals surface area (Å²) in [4.78, 5) is 13.4. The number of aromatic nitrogens is 1. The van der Waals surface area contributed by atoms with Crippen LogP contribution in [0.1, 0.15) is 25.3 Å². The molecule has 0 spiro atoms. The van der Waals surface area contributed by atoms with Gasteiger partial charge in [0.1, 0.15) is 11.5 Å². The number of nitrogens with two attached hydrogens (primary N) is 1. The van der Waals surface area contributed by atoms with Gasteiger partial charge in [0.2, 0.25) is 5.91 Å². The van der Waals surface area contributed by atoms with Crippen molar-refractivity contribution < 1.29 is 9.32 Å². The SMILES string of the molecule is Cc1cc(CN(C)C(=O)[C@H](N)C(C)C)no1.Cl. The summed E-state index contributed by atoms with van der Waals surface area (Å²) in [6, 6.07) is 1.35. The van der Waals surface area contributed by atoms with Crippen LogP contribution in [0.15, 0.2) is 10.6 Å². The van der Waals surface area contributed by atoms with E-state index in [2.05, 4.69) is 5.16 Å². The molecule has 1 rings (SSSR count). The summed E-state index contributed by atoms with van der Waals surface area (Å²) >= 11 is 0. The van der Waals surface area contributed by atoms with E-state index in [0.717, 1.165) is 11.5 Å². The Morgan fingerprint density at radius 3 is 2.59 bits per heavy atom. The predicted molar refractivity (Wildman–Crippen MR) is 67.8 cm³/mol. The zero-order valence-electron chi connectivity index (χ0n) is 10.6. The average molecular weight is 262 g/mol. The van der Waals surface area contributed by atoms with Crippen LogP contribution in [0.5, 0.6) is 0 Å². The number of aryl methyl sites for hydroxylation is 1. The van der Waals surface area contributed by atoms with Crippen LogP contribution in [-0.2, 0) is 11.3 Å². The van der Waals surface area contributed by atoms with Crippen LogP contribution < -0.4 is 5.73 Å². The van der Waals surface area contributed by atoms with Crippen molar-refractivity contribution in [1.82, 2.24) is 10.1 Å². The Hall–Kier alpha value is -1.07. The highest BCUT2D eigenvalue weighted by Gasteiger charge is 2.21. The second-order valence-electron chi connectivity index (χ2n) is 4.39. The van der Waals surface area contributed by atoms with E-state index in [1.807, 2.05) is 26.8 Å². The van der Waals surface area contributed by atoms with Crippen LogP contribution in [0.4, 0.5) is 0 Å². The Labute approximate surface area is 108 Å². The van der Waals surface area contributed by atoms with Crippen molar-refractivity contribution in [3.8, 4) is 0 Å². The van der Waals surface area contributed by atoms with Crippen LogP contribution in [0.3, 0.4) is 0 Å². The first-order chi connectivity index (χ1) is 7.41. The first kappa shape index (κ1) is 15.9. The summed E-state index contributed by atoms with van der Waals surface area (Å²) in [5.41, 5.74) is 6.52. The molecule has 0 saturated heterocycles. The van der Waals surface area contributed by atoms with Gasteiger partial charge in [-0.05, 0) is 12.8 Å². The molecule has 5 nitrogen and oxygen atoms in total. The van der Waals surface area contributed by atoms with Crippen LogP contribution in [0, 0.1) is 12.8 Å². The number of halogens is 1. The Kier molecular flexibility index (Phi) is 6.20. The molecule has 0 aliphatic rings. The minimum atomic E-state index is -0.460. The molecule has 6 heteroatoms. The van der Waals surface area contributed by atoms with Crippen molar-refractivity contribution in [2.75, 3.05) is 7.05 Å². The number of likely N-dealkylation sites (N-methyl/N-ethyl adjacent to an activating group) is 1. The quantitative estimate of drug-likeness (QED) is 0.888. The van der Waals surface area contributed by atoms with Gasteiger partial charge in [0.15, 0.2) is 0 Å². The van der Waals surface area contributed by atoms with E-state index in [0.29, 0.717) is 6.54 Å². The molecule has 0 aliphatic heterocycles. The van der Waals surface area contributed by atoms with Gasteiger partial charge in [-0.2, -0.15) is 0 Å². The van der Waals surface area contributed by atoms with Crippen molar-refractivity contribution in [1.29, 1.82) is 0 Å². The third kappa shape index (κ3) is 4.36. The number of hydrogen-bond acceptors (Lipinski definition) is 4. The molecule has 98 valence electrons. The fourth-order valence-electron chi connectivity index (χ4n) is 1.35. The van der Waals surface area contributed by atoms with Gasteiger partial charge in [0, 0.05) is 13.1 Å². The monoisotopic (exact) mass is 261 g/mol. The lowest BCUT2D eigenvalue weighted by molar-refractivity contribution is -0.132. The van der Waals surface area contributed by atoms with Crippen molar-refractivity contribution >= 4 is 18.3 Å². The minimum absolute atomic E-state index is 0. The lowest BCUT2D eigenvalue weighted by Gasteiger charge is -2.22. The molecule has 2 N–H and O–H groups in total. The fraction of sp³-hybridized carbons (Fsp3) is 0.636. The van der Waals surface area contributed by atoms with Crippen LogP contribution >= 0.6 is 12.4 Å². The van der Waals surface area contributed by atoms with Gasteiger partial charge in [-0.3, -0.25) is 4.79 Å². The number of carbonyl (C=O) groups excluding carboxylic acids is 1. The zero-order valence-corrected chi connectivity index (χ0v) is 11.5. The van der Waals surface area contributed by atoms with Crippen molar-refractivity contribution in [3.05, 3.63) is 17.5 Å². The van der Waals surface area contributed by atoms with Gasteiger partial charge in [0.05, 0.1) is 12.6 Å². The Morgan fingerprint density at radius 1 is 1.59 bits per heavy atom. The summed E-state index contributed by atoms with van der Waals surface area (Å²) in [6.07, 6.45) is 0.